The molecule has 0 bridgehead atoms. The highest BCUT2D eigenvalue weighted by molar-refractivity contribution is 6.28. The van der Waals surface area contributed by atoms with Gasteiger partial charge in [0, 0.05) is 22.1 Å². The maximum atomic E-state index is 2.61. The summed E-state index contributed by atoms with van der Waals surface area (Å²) in [7, 11) is 0. The molecule has 70 heavy (non-hydrogen) atoms. The first-order chi connectivity index (χ1) is 34.4. The van der Waals surface area contributed by atoms with Crippen LogP contribution in [-0.4, -0.2) is 0 Å². The Morgan fingerprint density at radius 3 is 1.17 bits per heavy atom. The van der Waals surface area contributed by atoms with E-state index < -0.39 is 0 Å². The molecule has 0 N–H and O–H groups in total. The predicted octanol–water partition coefficient (Wildman–Crippen LogP) is 20.2. The summed E-state index contributed by atoms with van der Waals surface area (Å²) in [6.07, 6.45) is 13.0. The minimum Gasteiger partial charge on any atom is -0.309 e. The molecular weight excluding hydrogens is 845 g/mol. The van der Waals surface area contributed by atoms with E-state index in [9.17, 15) is 0 Å². The molecule has 0 spiro atoms. The lowest BCUT2D eigenvalue weighted by molar-refractivity contribution is 0.443. The predicted molar refractivity (Wildman–Crippen MR) is 301 cm³/mol. The van der Waals surface area contributed by atoms with Crippen LogP contribution >= 0.6 is 0 Å². The Kier molecular flexibility index (Phi) is 11.7. The lowest BCUT2D eigenvalue weighted by Crippen LogP contribution is -2.15. The van der Waals surface area contributed by atoms with Gasteiger partial charge in [0.1, 0.15) is 0 Å². The van der Waals surface area contributed by atoms with E-state index in [1.165, 1.54) is 186 Å². The van der Waals surface area contributed by atoms with Crippen LogP contribution < -0.4 is 9.80 Å². The van der Waals surface area contributed by atoms with Crippen molar-refractivity contribution in [3.63, 3.8) is 0 Å². The molecule has 0 saturated heterocycles. The van der Waals surface area contributed by atoms with Crippen molar-refractivity contribution < 1.29 is 0 Å². The molecule has 2 fully saturated rings. The summed E-state index contributed by atoms with van der Waals surface area (Å²) in [5, 5.41) is 7.70. The van der Waals surface area contributed by atoms with Crippen LogP contribution in [0.4, 0.5) is 34.1 Å². The number of nitrogens with zero attached hydrogens (tertiary/aromatic N) is 2. The monoisotopic (exact) mass is 909 g/mol. The van der Waals surface area contributed by atoms with E-state index in [0.29, 0.717) is 11.8 Å². The zero-order chi connectivity index (χ0) is 47.3. The van der Waals surface area contributed by atoms with Crippen LogP contribution in [-0.2, 0) is 0 Å². The Bertz CT molecular complexity index is 3270. The van der Waals surface area contributed by atoms with E-state index in [-0.39, 0.29) is 0 Å². The van der Waals surface area contributed by atoms with E-state index in [0.717, 1.165) is 0 Å². The third-order valence-corrected chi connectivity index (χ3v) is 16.4. The molecular formula is C68H64N2. The van der Waals surface area contributed by atoms with Gasteiger partial charge in [-0.2, -0.15) is 0 Å². The fourth-order valence-electron chi connectivity index (χ4n) is 12.9. The summed E-state index contributed by atoms with van der Waals surface area (Å²) >= 11 is 0. The maximum Gasteiger partial charge on any atom is 0.0540 e. The van der Waals surface area contributed by atoms with Crippen LogP contribution in [0.25, 0.3) is 54.6 Å². The van der Waals surface area contributed by atoms with Gasteiger partial charge < -0.3 is 9.80 Å². The molecule has 346 valence electrons. The number of benzene rings is 10. The molecule has 10 aromatic rings. The topological polar surface area (TPSA) is 6.48 Å². The third kappa shape index (κ3) is 7.83. The number of anilines is 6. The largest absolute Gasteiger partial charge is 0.309 e. The lowest BCUT2D eigenvalue weighted by atomic mass is 9.84. The van der Waals surface area contributed by atoms with Crippen LogP contribution in [0.2, 0.25) is 0 Å². The Hall–Kier alpha value is -7.16. The van der Waals surface area contributed by atoms with Crippen LogP contribution in [0.1, 0.15) is 109 Å². The zero-order valence-electron chi connectivity index (χ0n) is 41.4. The summed E-state index contributed by atoms with van der Waals surface area (Å²) in [6, 6.07) is 69.5. The second kappa shape index (κ2) is 18.6. The molecule has 0 heterocycles. The Morgan fingerprint density at radius 2 is 0.757 bits per heavy atom. The first kappa shape index (κ1) is 44.1. The van der Waals surface area contributed by atoms with Crippen molar-refractivity contribution in [3.8, 4) is 22.3 Å². The first-order valence-electron chi connectivity index (χ1n) is 26.2. The van der Waals surface area contributed by atoms with E-state index in [2.05, 4.69) is 219 Å². The van der Waals surface area contributed by atoms with Crippen molar-refractivity contribution in [2.24, 2.45) is 0 Å². The second-order valence-electron chi connectivity index (χ2n) is 20.7. The van der Waals surface area contributed by atoms with Gasteiger partial charge in [-0.1, -0.05) is 184 Å². The van der Waals surface area contributed by atoms with Gasteiger partial charge in [0.15, 0.2) is 0 Å². The molecule has 2 aliphatic carbocycles. The van der Waals surface area contributed by atoms with Crippen molar-refractivity contribution in [2.45, 2.75) is 104 Å². The van der Waals surface area contributed by atoms with E-state index >= 15 is 0 Å². The third-order valence-electron chi connectivity index (χ3n) is 16.4. The molecule has 2 saturated carbocycles. The van der Waals surface area contributed by atoms with E-state index in [1.807, 2.05) is 0 Å². The van der Waals surface area contributed by atoms with Gasteiger partial charge in [-0.3, -0.25) is 0 Å². The lowest BCUT2D eigenvalue weighted by Gasteiger charge is -2.33. The quantitative estimate of drug-likeness (QED) is 0.126. The van der Waals surface area contributed by atoms with Crippen molar-refractivity contribution >= 4 is 66.4 Å². The summed E-state index contributed by atoms with van der Waals surface area (Å²) in [4.78, 5) is 5.22. The smallest absolute Gasteiger partial charge is 0.0540 e. The summed E-state index contributed by atoms with van der Waals surface area (Å²) in [5.74, 6) is 1.19. The SMILES string of the molecule is Cc1ccc(-c2ccccc2)c(C)c1N(c1cccc(C2CCCCC2)c1)c1ccc2ccc3c(N(c4cccc(C5CCCCC5)c4)c4c(C)ccc(-c5ccccc5)c4C)ccc4ccc1c2c43. The Balaban J connectivity index is 1.10. The van der Waals surface area contributed by atoms with Crippen molar-refractivity contribution in [1.82, 2.24) is 0 Å². The number of hydrogen-bond donors (Lipinski definition) is 0. The zero-order valence-corrected chi connectivity index (χ0v) is 41.4. The average Bonchev–Trinajstić information content (AvgIpc) is 3.41. The van der Waals surface area contributed by atoms with Gasteiger partial charge >= 0.3 is 0 Å². The van der Waals surface area contributed by atoms with Gasteiger partial charge in [-0.05, 0) is 179 Å². The summed E-state index contributed by atoms with van der Waals surface area (Å²) in [6.45, 7) is 9.26. The van der Waals surface area contributed by atoms with Crippen LogP contribution in [0, 0.1) is 27.7 Å². The average molecular weight is 909 g/mol. The normalized spacial score (nSPS) is 14.7. The number of rotatable bonds is 10. The Morgan fingerprint density at radius 1 is 0.357 bits per heavy atom. The standard InChI is InChI=1S/C68H64N2/c1-45-31-37-59(51-23-13-7-14-24-51)47(3)67(45)69(57-29-17-27-55(43-57)49-19-9-5-10-20-49)63-41-35-53-34-40-62-64(42-36-54-33-39-61(63)65(53)66(54)62)70(58-30-18-28-56(44-58)50-21-11-6-12-22-50)68-46(2)32-38-60(48(68)4)52-25-15-8-16-26-52/h7-8,13-18,23-44,49-50H,5-6,9-12,19-22H2,1-4H3. The second-order valence-corrected chi connectivity index (χ2v) is 20.7. The van der Waals surface area contributed by atoms with Gasteiger partial charge in [0.25, 0.3) is 0 Å². The van der Waals surface area contributed by atoms with Gasteiger partial charge in [0.2, 0.25) is 0 Å². The fraction of sp³-hybridized carbons (Fsp3) is 0.235. The Labute approximate surface area is 415 Å². The summed E-state index contributed by atoms with van der Waals surface area (Å²) < 4.78 is 0. The number of hydrogen-bond acceptors (Lipinski definition) is 2. The fourth-order valence-corrected chi connectivity index (χ4v) is 12.9. The van der Waals surface area contributed by atoms with Crippen LogP contribution in [0.3, 0.4) is 0 Å². The molecule has 0 amide bonds. The van der Waals surface area contributed by atoms with E-state index in [4.69, 9.17) is 0 Å². The first-order valence-corrected chi connectivity index (χ1v) is 26.2. The van der Waals surface area contributed by atoms with Crippen molar-refractivity contribution in [2.75, 3.05) is 9.80 Å². The molecule has 0 aliphatic heterocycles. The van der Waals surface area contributed by atoms with Crippen molar-refractivity contribution in [1.29, 1.82) is 0 Å². The van der Waals surface area contributed by atoms with Crippen molar-refractivity contribution in [3.05, 3.63) is 215 Å². The minimum atomic E-state index is 0.597. The highest BCUT2D eigenvalue weighted by atomic mass is 15.2. The highest BCUT2D eigenvalue weighted by Crippen LogP contribution is 2.51. The van der Waals surface area contributed by atoms with Crippen LogP contribution in [0.15, 0.2) is 182 Å². The van der Waals surface area contributed by atoms with Gasteiger partial charge in [-0.15, -0.1) is 0 Å². The molecule has 0 atom stereocenters. The van der Waals surface area contributed by atoms with Gasteiger partial charge in [0.05, 0.1) is 22.7 Å². The molecule has 0 unspecified atom stereocenters. The van der Waals surface area contributed by atoms with Gasteiger partial charge in [-0.25, -0.2) is 0 Å². The molecule has 2 nitrogen and oxygen atoms in total. The molecule has 0 aromatic heterocycles. The number of aryl methyl sites for hydroxylation is 2. The summed E-state index contributed by atoms with van der Waals surface area (Å²) in [5.41, 5.74) is 20.5. The molecule has 10 aromatic carbocycles. The molecule has 2 aliphatic rings. The van der Waals surface area contributed by atoms with E-state index in [1.54, 1.807) is 0 Å². The molecule has 2 heteroatoms. The maximum absolute atomic E-state index is 2.61. The highest BCUT2D eigenvalue weighted by Gasteiger charge is 2.27. The molecule has 0 radical (unpaired) electrons. The minimum absolute atomic E-state index is 0.597. The van der Waals surface area contributed by atoms with Crippen LogP contribution in [0.5, 0.6) is 0 Å². The molecule has 12 rings (SSSR count).